The molecule has 0 saturated heterocycles. The number of primary amides is 1. The first kappa shape index (κ1) is 25.1. The Morgan fingerprint density at radius 1 is 1.09 bits per heavy atom. The zero-order valence-electron chi connectivity index (χ0n) is 18.0. The third-order valence-corrected chi connectivity index (χ3v) is 5.25. The van der Waals surface area contributed by atoms with Crippen LogP contribution in [-0.4, -0.2) is 47.2 Å². The Morgan fingerprint density at radius 2 is 1.78 bits per heavy atom. The Bertz CT molecular complexity index is 892. The van der Waals surface area contributed by atoms with Crippen molar-refractivity contribution >= 4 is 35.2 Å². The fraction of sp³-hybridized carbons (Fsp3) is 0.348. The first-order valence-corrected chi connectivity index (χ1v) is 11.6. The average Bonchev–Trinajstić information content (AvgIpc) is 2.77. The second kappa shape index (κ2) is 12.6. The lowest BCUT2D eigenvalue weighted by molar-refractivity contribution is -0.137. The van der Waals surface area contributed by atoms with Crippen LogP contribution in [0.25, 0.3) is 0 Å². The molecule has 0 spiro atoms. The second-order valence-electron chi connectivity index (χ2n) is 7.23. The summed E-state index contributed by atoms with van der Waals surface area (Å²) in [4.78, 5) is 35.5. The van der Waals surface area contributed by atoms with Crippen molar-refractivity contribution < 1.29 is 24.2 Å². The molecule has 0 aliphatic rings. The number of carbonyl (C=O) groups is 3. The van der Waals surface area contributed by atoms with Crippen molar-refractivity contribution in [3.8, 4) is 5.75 Å². The van der Waals surface area contributed by atoms with E-state index in [1.807, 2.05) is 30.3 Å². The Hall–Kier alpha value is -3.20. The van der Waals surface area contributed by atoms with Crippen LogP contribution in [-0.2, 0) is 20.8 Å². The van der Waals surface area contributed by atoms with Crippen molar-refractivity contribution in [1.29, 1.82) is 0 Å². The van der Waals surface area contributed by atoms with Gasteiger partial charge in [-0.15, -0.1) is 0 Å². The van der Waals surface area contributed by atoms with Crippen molar-refractivity contribution in [3.63, 3.8) is 0 Å². The van der Waals surface area contributed by atoms with Crippen LogP contribution < -0.4 is 21.1 Å². The molecule has 8 nitrogen and oxygen atoms in total. The number of carboxylic acid groups (broad SMARTS) is 1. The fourth-order valence-electron chi connectivity index (χ4n) is 3.08. The summed E-state index contributed by atoms with van der Waals surface area (Å²) in [5.74, 6) is -1.08. The van der Waals surface area contributed by atoms with Crippen LogP contribution in [0.3, 0.4) is 0 Å². The Morgan fingerprint density at radius 3 is 2.38 bits per heavy atom. The molecule has 2 aromatic rings. The normalized spacial score (nSPS) is 12.4. The highest BCUT2D eigenvalue weighted by atomic mass is 32.2. The quantitative estimate of drug-likeness (QED) is 0.252. The van der Waals surface area contributed by atoms with E-state index in [0.29, 0.717) is 24.3 Å². The maximum absolute atomic E-state index is 12.5. The summed E-state index contributed by atoms with van der Waals surface area (Å²) < 4.78 is 5.54. The van der Waals surface area contributed by atoms with Crippen molar-refractivity contribution in [2.45, 2.75) is 31.3 Å². The molecule has 0 saturated carbocycles. The van der Waals surface area contributed by atoms with E-state index in [9.17, 15) is 14.4 Å². The molecular weight excluding hydrogens is 430 g/mol. The molecule has 9 heteroatoms. The Labute approximate surface area is 191 Å². The number of benzene rings is 2. The predicted octanol–water partition coefficient (Wildman–Crippen LogP) is 2.64. The highest BCUT2D eigenvalue weighted by molar-refractivity contribution is 7.99. The van der Waals surface area contributed by atoms with Crippen molar-refractivity contribution in [2.24, 2.45) is 5.73 Å². The summed E-state index contributed by atoms with van der Waals surface area (Å²) in [5, 5.41) is 14.6. The molecule has 32 heavy (non-hydrogen) atoms. The maximum atomic E-state index is 12.5. The second-order valence-corrected chi connectivity index (χ2v) is 8.10. The van der Waals surface area contributed by atoms with Crippen LogP contribution in [0, 0.1) is 0 Å². The molecule has 1 unspecified atom stereocenters. The lowest BCUT2D eigenvalue weighted by Crippen LogP contribution is -2.63. The summed E-state index contributed by atoms with van der Waals surface area (Å²) in [6, 6.07) is 16.5. The molecule has 0 fully saturated rings. The van der Waals surface area contributed by atoms with E-state index in [1.54, 1.807) is 30.5 Å². The number of ether oxygens (including phenoxy) is 1. The SMILES string of the molecule is CSCC(=O)NC(CCc1ccccc1)(Nc1ccc(OCCCC(=O)O)cc1)C(N)=O. The zero-order valence-corrected chi connectivity index (χ0v) is 18.8. The van der Waals surface area contributed by atoms with Crippen LogP contribution in [0.5, 0.6) is 5.75 Å². The number of rotatable bonds is 14. The first-order valence-electron chi connectivity index (χ1n) is 10.2. The van der Waals surface area contributed by atoms with Gasteiger partial charge in [0.25, 0.3) is 5.91 Å². The van der Waals surface area contributed by atoms with E-state index in [-0.39, 0.29) is 31.1 Å². The van der Waals surface area contributed by atoms with Crippen molar-refractivity contribution in [2.75, 3.05) is 23.9 Å². The summed E-state index contributed by atoms with van der Waals surface area (Å²) in [5.41, 5.74) is 5.90. The molecule has 2 aromatic carbocycles. The number of amides is 2. The van der Waals surface area contributed by atoms with Gasteiger partial charge in [-0.3, -0.25) is 14.4 Å². The largest absolute Gasteiger partial charge is 0.494 e. The molecule has 2 rings (SSSR count). The number of nitrogens with two attached hydrogens (primary N) is 1. The number of hydrogen-bond donors (Lipinski definition) is 4. The van der Waals surface area contributed by atoms with Gasteiger partial charge in [0.1, 0.15) is 5.75 Å². The van der Waals surface area contributed by atoms with Gasteiger partial charge >= 0.3 is 5.97 Å². The van der Waals surface area contributed by atoms with Crippen LogP contribution in [0.1, 0.15) is 24.8 Å². The number of nitrogens with one attached hydrogen (secondary N) is 2. The van der Waals surface area contributed by atoms with Crippen LogP contribution in [0.2, 0.25) is 0 Å². The minimum Gasteiger partial charge on any atom is -0.494 e. The molecule has 172 valence electrons. The van der Waals surface area contributed by atoms with Gasteiger partial charge in [0.2, 0.25) is 5.91 Å². The number of hydrogen-bond acceptors (Lipinski definition) is 6. The Balaban J connectivity index is 2.14. The number of thioether (sulfide) groups is 1. The van der Waals surface area contributed by atoms with Gasteiger partial charge in [-0.05, 0) is 48.9 Å². The molecule has 0 aliphatic carbocycles. The van der Waals surface area contributed by atoms with Crippen LogP contribution in [0.4, 0.5) is 5.69 Å². The van der Waals surface area contributed by atoms with E-state index in [2.05, 4.69) is 10.6 Å². The lowest BCUT2D eigenvalue weighted by Gasteiger charge is -2.34. The van der Waals surface area contributed by atoms with Gasteiger partial charge in [-0.2, -0.15) is 11.8 Å². The monoisotopic (exact) mass is 459 g/mol. The van der Waals surface area contributed by atoms with Crippen LogP contribution >= 0.6 is 11.8 Å². The summed E-state index contributed by atoms with van der Waals surface area (Å²) in [7, 11) is 0. The van der Waals surface area contributed by atoms with Gasteiger partial charge in [-0.25, -0.2) is 0 Å². The highest BCUT2D eigenvalue weighted by Gasteiger charge is 2.38. The molecule has 5 N–H and O–H groups in total. The molecule has 0 aromatic heterocycles. The van der Waals surface area contributed by atoms with Crippen molar-refractivity contribution in [3.05, 3.63) is 60.2 Å². The summed E-state index contributed by atoms with van der Waals surface area (Å²) in [6.45, 7) is 0.284. The van der Waals surface area contributed by atoms with Crippen LogP contribution in [0.15, 0.2) is 54.6 Å². The Kier molecular flexibility index (Phi) is 9.87. The van der Waals surface area contributed by atoms with E-state index < -0.39 is 17.5 Å². The third kappa shape index (κ3) is 8.14. The molecule has 2 amide bonds. The standard InChI is InChI=1S/C23H29N3O5S/c1-32-16-20(27)26-23(22(24)30,14-13-17-6-3-2-4-7-17)25-18-9-11-19(12-10-18)31-15-5-8-21(28)29/h2-4,6-7,9-12,25H,5,8,13-16H2,1H3,(H2,24,30)(H,26,27)(H,28,29). The van der Waals surface area contributed by atoms with E-state index in [1.165, 1.54) is 11.8 Å². The van der Waals surface area contributed by atoms with Gasteiger partial charge in [0, 0.05) is 18.5 Å². The van der Waals surface area contributed by atoms with Gasteiger partial charge in [0.05, 0.1) is 12.4 Å². The highest BCUT2D eigenvalue weighted by Crippen LogP contribution is 2.22. The summed E-state index contributed by atoms with van der Waals surface area (Å²) in [6.07, 6.45) is 3.04. The minimum atomic E-state index is -1.47. The molecule has 0 aliphatic heterocycles. The van der Waals surface area contributed by atoms with E-state index in [4.69, 9.17) is 15.6 Å². The molecule has 0 heterocycles. The van der Waals surface area contributed by atoms with E-state index >= 15 is 0 Å². The summed E-state index contributed by atoms with van der Waals surface area (Å²) >= 11 is 1.35. The molecule has 1 atom stereocenters. The third-order valence-electron chi connectivity index (χ3n) is 4.70. The minimum absolute atomic E-state index is 0.0396. The average molecular weight is 460 g/mol. The fourth-order valence-corrected chi connectivity index (χ4v) is 3.41. The maximum Gasteiger partial charge on any atom is 0.303 e. The van der Waals surface area contributed by atoms with Gasteiger partial charge in [0.15, 0.2) is 5.66 Å². The van der Waals surface area contributed by atoms with E-state index in [0.717, 1.165) is 5.56 Å². The predicted molar refractivity (Wildman–Crippen MR) is 126 cm³/mol. The number of carboxylic acids is 1. The topological polar surface area (TPSA) is 131 Å². The number of carbonyl (C=O) groups excluding carboxylic acids is 2. The van der Waals surface area contributed by atoms with Gasteiger partial charge in [-0.1, -0.05) is 30.3 Å². The molecule has 0 bridgehead atoms. The zero-order chi connectivity index (χ0) is 23.4. The first-order chi connectivity index (χ1) is 15.3. The smallest absolute Gasteiger partial charge is 0.303 e. The van der Waals surface area contributed by atoms with Crippen molar-refractivity contribution in [1.82, 2.24) is 5.32 Å². The molecular formula is C23H29N3O5S. The molecule has 0 radical (unpaired) electrons. The van der Waals surface area contributed by atoms with Gasteiger partial charge < -0.3 is 26.2 Å². The number of aliphatic carboxylic acids is 1. The lowest BCUT2D eigenvalue weighted by atomic mass is 9.98. The number of anilines is 1. The number of aryl methyl sites for hydroxylation is 1.